The highest BCUT2D eigenvalue weighted by molar-refractivity contribution is 5.96. The molecule has 1 atom stereocenters. The zero-order valence-electron chi connectivity index (χ0n) is 11.0. The number of aliphatic hydroxyl groups is 1. The molecule has 5 heteroatoms. The van der Waals surface area contributed by atoms with Crippen molar-refractivity contribution in [2.45, 2.75) is 31.9 Å². The van der Waals surface area contributed by atoms with Gasteiger partial charge >= 0.3 is 0 Å². The Labute approximate surface area is 119 Å². The number of carbonyl (C=O) groups excluding carboxylic acids is 1. The van der Waals surface area contributed by atoms with Crippen molar-refractivity contribution in [2.75, 3.05) is 13.2 Å². The van der Waals surface area contributed by atoms with Gasteiger partial charge in [-0.2, -0.15) is 0 Å². The van der Waals surface area contributed by atoms with Gasteiger partial charge in [0.1, 0.15) is 18.5 Å². The van der Waals surface area contributed by atoms with E-state index in [-0.39, 0.29) is 24.8 Å². The molecule has 106 valence electrons. The van der Waals surface area contributed by atoms with Gasteiger partial charge in [0.15, 0.2) is 5.78 Å². The summed E-state index contributed by atoms with van der Waals surface area (Å²) in [5.74, 6) is 0.506. The Morgan fingerprint density at radius 1 is 1.47 bits per heavy atom. The van der Waals surface area contributed by atoms with E-state index in [1.807, 2.05) is 6.07 Å². The second-order valence-electron chi connectivity index (χ2n) is 4.70. The number of rotatable bonds is 7. The SMILES string of the molecule is CC(=O)c1ccccc1OCC(O)CNC1CC1.Cl. The lowest BCUT2D eigenvalue weighted by atomic mass is 10.1. The number of Topliss-reactive ketones (excluding diaryl/α,β-unsaturated/α-hetero) is 1. The molecule has 2 N–H and O–H groups in total. The molecule has 1 aliphatic rings. The van der Waals surface area contributed by atoms with E-state index in [2.05, 4.69) is 5.32 Å². The first-order chi connectivity index (χ1) is 8.66. The molecule has 0 aromatic heterocycles. The van der Waals surface area contributed by atoms with Crippen LogP contribution in [0.2, 0.25) is 0 Å². The van der Waals surface area contributed by atoms with Gasteiger partial charge in [-0.1, -0.05) is 12.1 Å². The number of aliphatic hydroxyl groups excluding tert-OH is 1. The summed E-state index contributed by atoms with van der Waals surface area (Å²) < 4.78 is 5.50. The fraction of sp³-hybridized carbons (Fsp3) is 0.500. The third kappa shape index (κ3) is 5.19. The van der Waals surface area contributed by atoms with Crippen LogP contribution in [0.3, 0.4) is 0 Å². The quantitative estimate of drug-likeness (QED) is 0.750. The van der Waals surface area contributed by atoms with Crippen molar-refractivity contribution in [1.82, 2.24) is 5.32 Å². The van der Waals surface area contributed by atoms with E-state index >= 15 is 0 Å². The van der Waals surface area contributed by atoms with Crippen molar-refractivity contribution < 1.29 is 14.6 Å². The number of halogens is 1. The molecule has 0 aliphatic heterocycles. The lowest BCUT2D eigenvalue weighted by Gasteiger charge is -2.14. The maximum absolute atomic E-state index is 11.4. The molecule has 1 unspecified atom stereocenters. The smallest absolute Gasteiger partial charge is 0.163 e. The van der Waals surface area contributed by atoms with Crippen LogP contribution < -0.4 is 10.1 Å². The largest absolute Gasteiger partial charge is 0.490 e. The summed E-state index contributed by atoms with van der Waals surface area (Å²) in [6, 6.07) is 7.67. The Bertz CT molecular complexity index is 421. The second-order valence-corrected chi connectivity index (χ2v) is 4.70. The fourth-order valence-corrected chi connectivity index (χ4v) is 1.72. The summed E-state index contributed by atoms with van der Waals surface area (Å²) in [4.78, 5) is 11.4. The molecule has 1 aromatic carbocycles. The van der Waals surface area contributed by atoms with Gasteiger partial charge < -0.3 is 15.2 Å². The molecule has 4 nitrogen and oxygen atoms in total. The summed E-state index contributed by atoms with van der Waals surface area (Å²) in [5.41, 5.74) is 0.555. The van der Waals surface area contributed by atoms with Crippen LogP contribution in [0.1, 0.15) is 30.1 Å². The highest BCUT2D eigenvalue weighted by Gasteiger charge is 2.21. The minimum atomic E-state index is -0.550. The van der Waals surface area contributed by atoms with Crippen molar-refractivity contribution in [3.05, 3.63) is 29.8 Å². The van der Waals surface area contributed by atoms with Crippen LogP contribution in [0.4, 0.5) is 0 Å². The molecule has 0 radical (unpaired) electrons. The van der Waals surface area contributed by atoms with Crippen LogP contribution in [0.15, 0.2) is 24.3 Å². The Balaban J connectivity index is 0.00000180. The van der Waals surface area contributed by atoms with Crippen molar-refractivity contribution in [3.8, 4) is 5.75 Å². The lowest BCUT2D eigenvalue weighted by Crippen LogP contribution is -2.32. The van der Waals surface area contributed by atoms with Gasteiger partial charge in [-0.15, -0.1) is 12.4 Å². The summed E-state index contributed by atoms with van der Waals surface area (Å²) >= 11 is 0. The first kappa shape index (κ1) is 16.0. The van der Waals surface area contributed by atoms with E-state index in [1.165, 1.54) is 19.8 Å². The van der Waals surface area contributed by atoms with Crippen LogP contribution in [0.25, 0.3) is 0 Å². The van der Waals surface area contributed by atoms with Gasteiger partial charge in [0.05, 0.1) is 5.56 Å². The Morgan fingerprint density at radius 3 is 2.79 bits per heavy atom. The number of hydrogen-bond donors (Lipinski definition) is 2. The number of benzene rings is 1. The highest BCUT2D eigenvalue weighted by Crippen LogP contribution is 2.19. The lowest BCUT2D eigenvalue weighted by molar-refractivity contribution is 0.0973. The molecule has 1 aliphatic carbocycles. The molecular formula is C14H20ClNO3. The summed E-state index contributed by atoms with van der Waals surface area (Å²) in [7, 11) is 0. The first-order valence-electron chi connectivity index (χ1n) is 6.31. The molecule has 0 saturated heterocycles. The van der Waals surface area contributed by atoms with Gasteiger partial charge in [-0.3, -0.25) is 4.79 Å². The highest BCUT2D eigenvalue weighted by atomic mass is 35.5. The minimum Gasteiger partial charge on any atom is -0.490 e. The predicted molar refractivity (Wildman–Crippen MR) is 76.2 cm³/mol. The molecular weight excluding hydrogens is 266 g/mol. The van der Waals surface area contributed by atoms with E-state index in [9.17, 15) is 9.90 Å². The predicted octanol–water partition coefficient (Wildman–Crippen LogP) is 1.80. The Hall–Kier alpha value is -1.10. The van der Waals surface area contributed by atoms with Crippen LogP contribution in [-0.2, 0) is 0 Å². The van der Waals surface area contributed by atoms with Crippen LogP contribution in [0, 0.1) is 0 Å². The Kier molecular flexibility index (Phi) is 6.28. The number of carbonyl (C=O) groups is 1. The van der Waals surface area contributed by atoms with Gasteiger partial charge in [-0.05, 0) is 31.9 Å². The zero-order chi connectivity index (χ0) is 13.0. The van der Waals surface area contributed by atoms with Gasteiger partial charge in [-0.25, -0.2) is 0 Å². The van der Waals surface area contributed by atoms with Gasteiger partial charge in [0.25, 0.3) is 0 Å². The molecule has 0 bridgehead atoms. The van der Waals surface area contributed by atoms with E-state index in [4.69, 9.17) is 4.74 Å². The Morgan fingerprint density at radius 2 is 2.16 bits per heavy atom. The number of ketones is 1. The molecule has 1 fully saturated rings. The molecule has 2 rings (SSSR count). The number of nitrogens with one attached hydrogen (secondary N) is 1. The average Bonchev–Trinajstić information content (AvgIpc) is 3.18. The standard InChI is InChI=1S/C14H19NO3.ClH/c1-10(16)13-4-2-3-5-14(13)18-9-12(17)8-15-11-6-7-11;/h2-5,11-12,15,17H,6-9H2,1H3;1H. The number of para-hydroxylation sites is 1. The van der Waals surface area contributed by atoms with Gasteiger partial charge in [0.2, 0.25) is 0 Å². The van der Waals surface area contributed by atoms with E-state index in [1.54, 1.807) is 18.2 Å². The molecule has 0 amide bonds. The third-order valence-electron chi connectivity index (χ3n) is 2.92. The monoisotopic (exact) mass is 285 g/mol. The second kappa shape index (κ2) is 7.48. The normalized spacial score (nSPS) is 15.5. The molecule has 1 aromatic rings. The van der Waals surface area contributed by atoms with E-state index in [0.29, 0.717) is 23.9 Å². The van der Waals surface area contributed by atoms with Crippen LogP contribution >= 0.6 is 12.4 Å². The van der Waals surface area contributed by atoms with Crippen LogP contribution in [0.5, 0.6) is 5.75 Å². The molecule has 0 heterocycles. The van der Waals surface area contributed by atoms with Crippen LogP contribution in [-0.4, -0.2) is 36.2 Å². The average molecular weight is 286 g/mol. The van der Waals surface area contributed by atoms with E-state index in [0.717, 1.165) is 0 Å². The summed E-state index contributed by atoms with van der Waals surface area (Å²) in [5, 5.41) is 13.0. The fourth-order valence-electron chi connectivity index (χ4n) is 1.72. The minimum absolute atomic E-state index is 0. The molecule has 0 spiro atoms. The van der Waals surface area contributed by atoms with Crippen molar-refractivity contribution >= 4 is 18.2 Å². The maximum atomic E-state index is 11.4. The maximum Gasteiger partial charge on any atom is 0.163 e. The zero-order valence-corrected chi connectivity index (χ0v) is 11.8. The topological polar surface area (TPSA) is 58.6 Å². The summed E-state index contributed by atoms with van der Waals surface area (Å²) in [6.45, 7) is 2.24. The first-order valence-corrected chi connectivity index (χ1v) is 6.31. The van der Waals surface area contributed by atoms with E-state index < -0.39 is 6.10 Å². The van der Waals surface area contributed by atoms with Crippen molar-refractivity contribution in [3.63, 3.8) is 0 Å². The van der Waals surface area contributed by atoms with Crippen molar-refractivity contribution in [1.29, 1.82) is 0 Å². The number of ether oxygens (including phenoxy) is 1. The van der Waals surface area contributed by atoms with Crippen molar-refractivity contribution in [2.24, 2.45) is 0 Å². The third-order valence-corrected chi connectivity index (χ3v) is 2.92. The molecule has 19 heavy (non-hydrogen) atoms. The summed E-state index contributed by atoms with van der Waals surface area (Å²) in [6.07, 6.45) is 1.84. The van der Waals surface area contributed by atoms with Gasteiger partial charge in [0, 0.05) is 12.6 Å². The number of hydrogen-bond acceptors (Lipinski definition) is 4. The molecule has 1 saturated carbocycles.